The molecule has 0 atom stereocenters. The first-order valence-electron chi connectivity index (χ1n) is 6.97. The Kier molecular flexibility index (Phi) is 2.95. The second kappa shape index (κ2) is 4.45. The van der Waals surface area contributed by atoms with E-state index in [0.717, 1.165) is 12.8 Å². The van der Waals surface area contributed by atoms with Crippen LogP contribution in [0.1, 0.15) is 38.5 Å². The van der Waals surface area contributed by atoms with Gasteiger partial charge in [-0.1, -0.05) is 0 Å². The van der Waals surface area contributed by atoms with Crippen LogP contribution >= 0.6 is 0 Å². The van der Waals surface area contributed by atoms with E-state index >= 15 is 0 Å². The van der Waals surface area contributed by atoms with Crippen LogP contribution in [0.3, 0.4) is 0 Å². The van der Waals surface area contributed by atoms with Gasteiger partial charge in [0, 0.05) is 31.3 Å². The predicted octanol–water partition coefficient (Wildman–Crippen LogP) is 1.70. The number of rotatable bonds is 1. The number of carbonyl (C=O) groups is 1. The molecule has 0 aromatic heterocycles. The first-order chi connectivity index (χ1) is 8.27. The second-order valence-electron chi connectivity index (χ2n) is 5.84. The van der Waals surface area contributed by atoms with Crippen LogP contribution in [-0.2, 0) is 4.79 Å². The van der Waals surface area contributed by atoms with Crippen molar-refractivity contribution in [1.29, 1.82) is 0 Å². The summed E-state index contributed by atoms with van der Waals surface area (Å²) in [4.78, 5) is 13.7. The van der Waals surface area contributed by atoms with E-state index in [1.165, 1.54) is 57.6 Å². The molecule has 3 heteroatoms. The largest absolute Gasteiger partial charge is 0.375 e. The quantitative estimate of drug-likeness (QED) is 0.749. The molecule has 3 nitrogen and oxygen atoms in total. The van der Waals surface area contributed by atoms with Crippen molar-refractivity contribution < 1.29 is 4.79 Å². The van der Waals surface area contributed by atoms with Gasteiger partial charge in [-0.15, -0.1) is 0 Å². The molecule has 3 aliphatic rings. The Morgan fingerprint density at radius 3 is 2.35 bits per heavy atom. The van der Waals surface area contributed by atoms with E-state index in [2.05, 4.69) is 10.2 Å². The smallest absolute Gasteiger partial charge is 0.157 e. The lowest BCUT2D eigenvalue weighted by Crippen LogP contribution is -2.45. The Hall–Kier alpha value is -0.830. The topological polar surface area (TPSA) is 32.3 Å². The molecule has 0 bridgehead atoms. The molecule has 94 valence electrons. The Labute approximate surface area is 103 Å². The van der Waals surface area contributed by atoms with E-state index in [0.29, 0.717) is 11.2 Å². The summed E-state index contributed by atoms with van der Waals surface area (Å²) in [7, 11) is 0. The number of piperidine rings is 2. The standard InChI is InChI=1S/C14H22N2O/c17-13-2-1-12(11-13)16-9-5-14(6-10-16)3-7-15-8-4-14/h11,15H,1-10H2. The van der Waals surface area contributed by atoms with Crippen LogP contribution in [-0.4, -0.2) is 36.9 Å². The lowest BCUT2D eigenvalue weighted by atomic mass is 9.71. The molecule has 0 saturated carbocycles. The number of ketones is 1. The zero-order valence-corrected chi connectivity index (χ0v) is 10.5. The monoisotopic (exact) mass is 234 g/mol. The summed E-state index contributed by atoms with van der Waals surface area (Å²) in [6.07, 6.45) is 8.92. The fourth-order valence-corrected chi connectivity index (χ4v) is 3.56. The van der Waals surface area contributed by atoms with E-state index in [1.54, 1.807) is 0 Å². The third-order valence-electron chi connectivity index (χ3n) is 4.85. The number of likely N-dealkylation sites (tertiary alicyclic amines) is 1. The van der Waals surface area contributed by atoms with Crippen molar-refractivity contribution in [2.75, 3.05) is 26.2 Å². The summed E-state index contributed by atoms with van der Waals surface area (Å²) < 4.78 is 0. The van der Waals surface area contributed by atoms with Gasteiger partial charge in [0.25, 0.3) is 0 Å². The molecule has 0 aromatic carbocycles. The summed E-state index contributed by atoms with van der Waals surface area (Å²) in [5, 5.41) is 3.46. The van der Waals surface area contributed by atoms with E-state index in [9.17, 15) is 4.79 Å². The Bertz CT molecular complexity index is 332. The molecule has 1 aliphatic carbocycles. The minimum atomic E-state index is 0.321. The fourth-order valence-electron chi connectivity index (χ4n) is 3.56. The van der Waals surface area contributed by atoms with E-state index < -0.39 is 0 Å². The van der Waals surface area contributed by atoms with Crippen molar-refractivity contribution in [3.05, 3.63) is 11.8 Å². The van der Waals surface area contributed by atoms with E-state index in [1.807, 2.05) is 6.08 Å². The maximum atomic E-state index is 11.3. The number of hydrogen-bond donors (Lipinski definition) is 1. The van der Waals surface area contributed by atoms with Gasteiger partial charge in [0.2, 0.25) is 0 Å². The normalized spacial score (nSPS) is 28.6. The molecular weight excluding hydrogens is 212 g/mol. The zero-order valence-electron chi connectivity index (χ0n) is 10.5. The summed E-state index contributed by atoms with van der Waals surface area (Å²) in [5.74, 6) is 0.321. The lowest BCUT2D eigenvalue weighted by Gasteiger charge is -2.45. The molecule has 2 fully saturated rings. The van der Waals surface area contributed by atoms with Crippen LogP contribution < -0.4 is 5.32 Å². The minimum Gasteiger partial charge on any atom is -0.375 e. The molecule has 0 unspecified atom stereocenters. The van der Waals surface area contributed by atoms with Crippen molar-refractivity contribution in [2.24, 2.45) is 5.41 Å². The minimum absolute atomic E-state index is 0.321. The fraction of sp³-hybridized carbons (Fsp3) is 0.786. The van der Waals surface area contributed by atoms with Crippen LogP contribution in [0.5, 0.6) is 0 Å². The second-order valence-corrected chi connectivity index (χ2v) is 5.84. The summed E-state index contributed by atoms with van der Waals surface area (Å²) in [5.41, 5.74) is 1.92. The van der Waals surface area contributed by atoms with Gasteiger partial charge < -0.3 is 10.2 Å². The Balaban J connectivity index is 1.60. The number of hydrogen-bond acceptors (Lipinski definition) is 3. The van der Waals surface area contributed by atoms with Gasteiger partial charge in [0.15, 0.2) is 5.78 Å². The van der Waals surface area contributed by atoms with Gasteiger partial charge in [-0.25, -0.2) is 0 Å². The third-order valence-corrected chi connectivity index (χ3v) is 4.85. The molecule has 1 N–H and O–H groups in total. The van der Waals surface area contributed by atoms with Crippen LogP contribution in [0, 0.1) is 5.41 Å². The maximum Gasteiger partial charge on any atom is 0.157 e. The molecule has 2 aliphatic heterocycles. The molecule has 2 heterocycles. The third kappa shape index (κ3) is 2.25. The average molecular weight is 234 g/mol. The van der Waals surface area contributed by atoms with Crippen LogP contribution in [0.2, 0.25) is 0 Å². The highest BCUT2D eigenvalue weighted by atomic mass is 16.1. The van der Waals surface area contributed by atoms with Crippen molar-refractivity contribution in [3.8, 4) is 0 Å². The summed E-state index contributed by atoms with van der Waals surface area (Å²) in [6, 6.07) is 0. The van der Waals surface area contributed by atoms with Crippen molar-refractivity contribution in [2.45, 2.75) is 38.5 Å². The van der Waals surface area contributed by atoms with Gasteiger partial charge in [-0.3, -0.25) is 4.79 Å². The molecule has 3 rings (SSSR count). The average Bonchev–Trinajstić information content (AvgIpc) is 2.78. The van der Waals surface area contributed by atoms with Crippen LogP contribution in [0.4, 0.5) is 0 Å². The SMILES string of the molecule is O=C1C=C(N2CCC3(CCNCC3)CC2)CC1. The van der Waals surface area contributed by atoms with E-state index in [-0.39, 0.29) is 0 Å². The number of nitrogens with zero attached hydrogens (tertiary/aromatic N) is 1. The highest BCUT2D eigenvalue weighted by Gasteiger charge is 2.36. The van der Waals surface area contributed by atoms with Gasteiger partial charge >= 0.3 is 0 Å². The molecule has 2 saturated heterocycles. The first kappa shape index (κ1) is 11.3. The maximum absolute atomic E-state index is 11.3. The Morgan fingerprint density at radius 1 is 1.06 bits per heavy atom. The number of nitrogens with one attached hydrogen (secondary N) is 1. The van der Waals surface area contributed by atoms with Crippen molar-refractivity contribution in [1.82, 2.24) is 10.2 Å². The molecule has 0 aromatic rings. The highest BCUT2D eigenvalue weighted by molar-refractivity contribution is 5.92. The molecule has 0 amide bonds. The van der Waals surface area contributed by atoms with Crippen molar-refractivity contribution >= 4 is 5.78 Å². The summed E-state index contributed by atoms with van der Waals surface area (Å²) in [6.45, 7) is 4.72. The van der Waals surface area contributed by atoms with Gasteiger partial charge in [-0.05, 0) is 50.6 Å². The molecular formula is C14H22N2O. The molecule has 0 radical (unpaired) electrons. The number of allylic oxidation sites excluding steroid dienone is 2. The van der Waals surface area contributed by atoms with Crippen LogP contribution in [0.15, 0.2) is 11.8 Å². The lowest BCUT2D eigenvalue weighted by molar-refractivity contribution is -0.114. The van der Waals surface area contributed by atoms with E-state index in [4.69, 9.17) is 0 Å². The van der Waals surface area contributed by atoms with Gasteiger partial charge in [0.1, 0.15) is 0 Å². The van der Waals surface area contributed by atoms with Crippen molar-refractivity contribution in [3.63, 3.8) is 0 Å². The predicted molar refractivity (Wildman–Crippen MR) is 67.7 cm³/mol. The molecule has 1 spiro atoms. The highest BCUT2D eigenvalue weighted by Crippen LogP contribution is 2.40. The zero-order chi connectivity index (χ0) is 11.7. The van der Waals surface area contributed by atoms with Gasteiger partial charge in [-0.2, -0.15) is 0 Å². The van der Waals surface area contributed by atoms with Crippen LogP contribution in [0.25, 0.3) is 0 Å². The first-order valence-corrected chi connectivity index (χ1v) is 6.97. The van der Waals surface area contributed by atoms with Gasteiger partial charge in [0.05, 0.1) is 0 Å². The molecule has 17 heavy (non-hydrogen) atoms. The summed E-state index contributed by atoms with van der Waals surface area (Å²) >= 11 is 0. The number of carbonyl (C=O) groups excluding carboxylic acids is 1. The Morgan fingerprint density at radius 2 is 1.76 bits per heavy atom.